The molecule has 0 aliphatic rings. The molecule has 0 aliphatic carbocycles. The molecule has 0 aromatic heterocycles. The molecule has 2 atom stereocenters. The van der Waals surface area contributed by atoms with Crippen LogP contribution in [0.4, 0.5) is 0 Å². The zero-order valence-electron chi connectivity index (χ0n) is 22.2. The molecule has 3 aromatic rings. The first-order valence-electron chi connectivity index (χ1n) is 13.3. The molecule has 1 amide bonds. The summed E-state index contributed by atoms with van der Waals surface area (Å²) in [6.07, 6.45) is 0.758. The standard InChI is InChI=1S/C32H35NO6/c1-2-3-19-29(32(37)38-23-25-15-9-5-10-16-25)39-30(35)21-20-28(34)27(22-24-13-7-4-8-14-24)33-31(36)26-17-11-6-12-18-26/h4-18,27,29H,2-3,19-23H2,1H3,(H,33,36)/t27-,29?/m0/s1. The predicted molar refractivity (Wildman–Crippen MR) is 148 cm³/mol. The minimum absolute atomic E-state index is 0.0839. The first kappa shape index (κ1) is 29.3. The van der Waals surface area contributed by atoms with E-state index in [0.29, 0.717) is 18.4 Å². The summed E-state index contributed by atoms with van der Waals surface area (Å²) in [6.45, 7) is 2.06. The van der Waals surface area contributed by atoms with Gasteiger partial charge in [-0.3, -0.25) is 14.4 Å². The minimum Gasteiger partial charge on any atom is -0.458 e. The summed E-state index contributed by atoms with van der Waals surface area (Å²) in [7, 11) is 0. The zero-order valence-corrected chi connectivity index (χ0v) is 22.2. The summed E-state index contributed by atoms with van der Waals surface area (Å²) in [4.78, 5) is 51.2. The van der Waals surface area contributed by atoms with Crippen molar-refractivity contribution >= 4 is 23.6 Å². The van der Waals surface area contributed by atoms with Crippen LogP contribution in [0, 0.1) is 0 Å². The number of benzene rings is 3. The third-order valence-corrected chi connectivity index (χ3v) is 6.17. The minimum atomic E-state index is -1.03. The molecule has 7 nitrogen and oxygen atoms in total. The van der Waals surface area contributed by atoms with Crippen molar-refractivity contribution < 1.29 is 28.7 Å². The SMILES string of the molecule is CCCCC(OC(=O)CCC(=O)[C@H](Cc1ccccc1)NC(=O)c1ccccc1)C(=O)OCc1ccccc1. The topological polar surface area (TPSA) is 98.8 Å². The van der Waals surface area contributed by atoms with Crippen LogP contribution in [0.25, 0.3) is 0 Å². The van der Waals surface area contributed by atoms with Gasteiger partial charge in [0.2, 0.25) is 0 Å². The van der Waals surface area contributed by atoms with Crippen LogP contribution >= 0.6 is 0 Å². The molecule has 3 rings (SSSR count). The van der Waals surface area contributed by atoms with Gasteiger partial charge in [-0.15, -0.1) is 0 Å². The number of hydrogen-bond acceptors (Lipinski definition) is 6. The molecule has 204 valence electrons. The van der Waals surface area contributed by atoms with Crippen LogP contribution in [0.5, 0.6) is 0 Å². The molecule has 0 aliphatic heterocycles. The average Bonchev–Trinajstić information content (AvgIpc) is 2.97. The van der Waals surface area contributed by atoms with Crippen LogP contribution in [0.2, 0.25) is 0 Å². The van der Waals surface area contributed by atoms with Gasteiger partial charge in [-0.1, -0.05) is 92.2 Å². The number of amides is 1. The van der Waals surface area contributed by atoms with Gasteiger partial charge in [0.25, 0.3) is 5.91 Å². The first-order chi connectivity index (χ1) is 19.0. The number of ether oxygens (including phenoxy) is 2. The highest BCUT2D eigenvalue weighted by molar-refractivity contribution is 5.98. The number of carbonyl (C=O) groups excluding carboxylic acids is 4. The van der Waals surface area contributed by atoms with E-state index in [1.54, 1.807) is 30.3 Å². The van der Waals surface area contributed by atoms with Gasteiger partial charge in [0.15, 0.2) is 11.9 Å². The normalized spacial score (nSPS) is 12.1. The van der Waals surface area contributed by atoms with Gasteiger partial charge in [0.05, 0.1) is 12.5 Å². The van der Waals surface area contributed by atoms with Crippen molar-refractivity contribution in [2.75, 3.05) is 0 Å². The van der Waals surface area contributed by atoms with Gasteiger partial charge < -0.3 is 14.8 Å². The summed E-state index contributed by atoms with van der Waals surface area (Å²) < 4.78 is 10.8. The third-order valence-electron chi connectivity index (χ3n) is 6.17. The maximum Gasteiger partial charge on any atom is 0.347 e. The van der Waals surface area contributed by atoms with E-state index >= 15 is 0 Å². The largest absolute Gasteiger partial charge is 0.458 e. The quantitative estimate of drug-likeness (QED) is 0.271. The van der Waals surface area contributed by atoms with Crippen LogP contribution in [0.1, 0.15) is 60.5 Å². The van der Waals surface area contributed by atoms with Crippen molar-refractivity contribution in [1.82, 2.24) is 5.32 Å². The maximum absolute atomic E-state index is 13.2. The third kappa shape index (κ3) is 10.2. The Bertz CT molecular complexity index is 1200. The van der Waals surface area contributed by atoms with Gasteiger partial charge in [-0.2, -0.15) is 0 Å². The Labute approximate surface area is 229 Å². The van der Waals surface area contributed by atoms with Crippen LogP contribution in [-0.2, 0) is 36.9 Å². The van der Waals surface area contributed by atoms with Gasteiger partial charge in [0.1, 0.15) is 6.61 Å². The van der Waals surface area contributed by atoms with Gasteiger partial charge in [0, 0.05) is 12.0 Å². The lowest BCUT2D eigenvalue weighted by atomic mass is 9.99. The van der Waals surface area contributed by atoms with E-state index in [1.165, 1.54) is 0 Å². The van der Waals surface area contributed by atoms with Crippen molar-refractivity contribution in [3.8, 4) is 0 Å². The number of hydrogen-bond donors (Lipinski definition) is 1. The summed E-state index contributed by atoms with van der Waals surface area (Å²) in [5, 5.41) is 2.81. The van der Waals surface area contributed by atoms with Gasteiger partial charge in [-0.05, 0) is 42.5 Å². The second kappa shape index (κ2) is 15.9. The highest BCUT2D eigenvalue weighted by atomic mass is 16.6. The lowest BCUT2D eigenvalue weighted by Crippen LogP contribution is -2.42. The molecule has 1 unspecified atom stereocenters. The number of rotatable bonds is 15. The highest BCUT2D eigenvalue weighted by Gasteiger charge is 2.26. The van der Waals surface area contributed by atoms with E-state index in [0.717, 1.165) is 17.5 Å². The summed E-state index contributed by atoms with van der Waals surface area (Å²) >= 11 is 0. The molecule has 0 saturated carbocycles. The first-order valence-corrected chi connectivity index (χ1v) is 13.3. The van der Waals surface area contributed by atoms with Crippen LogP contribution < -0.4 is 5.32 Å². The Morgan fingerprint density at radius 2 is 1.36 bits per heavy atom. The van der Waals surface area contributed by atoms with E-state index in [9.17, 15) is 19.2 Å². The van der Waals surface area contributed by atoms with Gasteiger partial charge >= 0.3 is 11.9 Å². The number of nitrogens with one attached hydrogen (secondary N) is 1. The van der Waals surface area contributed by atoms with Gasteiger partial charge in [-0.25, -0.2) is 4.79 Å². The molecular formula is C32H35NO6. The number of esters is 2. The monoisotopic (exact) mass is 529 g/mol. The van der Waals surface area contributed by atoms with Crippen molar-refractivity contribution in [2.24, 2.45) is 0 Å². The fraction of sp³-hybridized carbons (Fsp3) is 0.312. The molecule has 39 heavy (non-hydrogen) atoms. The fourth-order valence-electron chi connectivity index (χ4n) is 3.98. The fourth-order valence-corrected chi connectivity index (χ4v) is 3.98. The number of unbranched alkanes of at least 4 members (excludes halogenated alkanes) is 1. The molecule has 0 fully saturated rings. The molecule has 0 heterocycles. The van der Waals surface area contributed by atoms with Crippen LogP contribution in [0.15, 0.2) is 91.0 Å². The van der Waals surface area contributed by atoms with E-state index < -0.39 is 24.1 Å². The summed E-state index contributed by atoms with van der Waals surface area (Å²) in [5.41, 5.74) is 2.15. The van der Waals surface area contributed by atoms with E-state index in [4.69, 9.17) is 9.47 Å². The number of Topliss-reactive ketones (excluding diaryl/α,β-unsaturated/α-hetero) is 1. The molecule has 0 saturated heterocycles. The van der Waals surface area contributed by atoms with Crippen molar-refractivity contribution in [2.45, 2.75) is 64.2 Å². The lowest BCUT2D eigenvalue weighted by Gasteiger charge is -2.19. The Hall–Kier alpha value is -4.26. The summed E-state index contributed by atoms with van der Waals surface area (Å²) in [6, 6.07) is 26.4. The lowest BCUT2D eigenvalue weighted by molar-refractivity contribution is -0.169. The number of ketones is 1. The molecule has 0 spiro atoms. The molecule has 1 N–H and O–H groups in total. The molecule has 7 heteroatoms. The smallest absolute Gasteiger partial charge is 0.347 e. The van der Waals surface area contributed by atoms with E-state index in [2.05, 4.69) is 5.32 Å². The Kier molecular flexibility index (Phi) is 11.9. The van der Waals surface area contributed by atoms with Crippen molar-refractivity contribution in [1.29, 1.82) is 0 Å². The number of carbonyl (C=O) groups is 4. The molecular weight excluding hydrogens is 494 g/mol. The Morgan fingerprint density at radius 1 is 0.769 bits per heavy atom. The van der Waals surface area contributed by atoms with Crippen molar-refractivity contribution in [3.63, 3.8) is 0 Å². The average molecular weight is 530 g/mol. The van der Waals surface area contributed by atoms with Crippen molar-refractivity contribution in [3.05, 3.63) is 108 Å². The molecule has 3 aromatic carbocycles. The van der Waals surface area contributed by atoms with E-state index in [1.807, 2.05) is 67.6 Å². The second-order valence-electron chi connectivity index (χ2n) is 9.26. The predicted octanol–water partition coefficient (Wildman–Crippen LogP) is 5.22. The maximum atomic E-state index is 13.2. The summed E-state index contributed by atoms with van der Waals surface area (Å²) in [5.74, 6) is -1.93. The zero-order chi connectivity index (χ0) is 27.9. The Morgan fingerprint density at radius 3 is 1.97 bits per heavy atom. The van der Waals surface area contributed by atoms with E-state index in [-0.39, 0.29) is 37.6 Å². The molecule has 0 bridgehead atoms. The molecule has 0 radical (unpaired) electrons. The highest BCUT2D eigenvalue weighted by Crippen LogP contribution is 2.13. The van der Waals surface area contributed by atoms with Crippen LogP contribution in [-0.4, -0.2) is 35.8 Å². The Balaban J connectivity index is 1.58. The second-order valence-corrected chi connectivity index (χ2v) is 9.26. The van der Waals surface area contributed by atoms with Crippen LogP contribution in [0.3, 0.4) is 0 Å².